The van der Waals surface area contributed by atoms with Gasteiger partial charge in [0.05, 0.1) is 19.3 Å². The maximum Gasteiger partial charge on any atom is 0.0731 e. The summed E-state index contributed by atoms with van der Waals surface area (Å²) in [5, 5.41) is 8.58. The van der Waals surface area contributed by atoms with Gasteiger partial charge in [-0.05, 0) is 17.8 Å². The minimum atomic E-state index is 0.0870. The molecule has 1 rings (SSSR count). The second-order valence-electron chi connectivity index (χ2n) is 4.17. The monoisotopic (exact) mass is 173 g/mol. The predicted octanol–water partition coefficient (Wildman–Crippen LogP) is 0.369. The first kappa shape index (κ1) is 9.96. The molecular formula is C9H19NO2. The van der Waals surface area contributed by atoms with E-state index in [4.69, 9.17) is 15.6 Å². The first-order valence-corrected chi connectivity index (χ1v) is 4.54. The Balaban J connectivity index is 2.27. The first-order chi connectivity index (χ1) is 5.61. The van der Waals surface area contributed by atoms with Gasteiger partial charge in [-0.2, -0.15) is 0 Å². The third-order valence-electron chi connectivity index (χ3n) is 2.69. The van der Waals surface area contributed by atoms with E-state index in [1.165, 1.54) is 6.42 Å². The number of ether oxygens (including phenoxy) is 1. The van der Waals surface area contributed by atoms with Crippen molar-refractivity contribution in [1.82, 2.24) is 0 Å². The fourth-order valence-electron chi connectivity index (χ4n) is 1.70. The second kappa shape index (κ2) is 3.73. The molecule has 0 aromatic heterocycles. The van der Waals surface area contributed by atoms with Crippen LogP contribution in [0, 0.1) is 11.3 Å². The Labute approximate surface area is 73.9 Å². The van der Waals surface area contributed by atoms with Crippen LogP contribution in [0.25, 0.3) is 0 Å². The molecule has 72 valence electrons. The molecule has 1 aliphatic carbocycles. The van der Waals surface area contributed by atoms with E-state index < -0.39 is 0 Å². The SMILES string of the molecule is CC1(C)CC1C(CN)OCCO. The van der Waals surface area contributed by atoms with Gasteiger partial charge in [-0.15, -0.1) is 0 Å². The Morgan fingerprint density at radius 3 is 2.58 bits per heavy atom. The topological polar surface area (TPSA) is 55.5 Å². The number of nitrogens with two attached hydrogens (primary N) is 1. The second-order valence-corrected chi connectivity index (χ2v) is 4.17. The van der Waals surface area contributed by atoms with E-state index >= 15 is 0 Å². The number of aliphatic hydroxyl groups is 1. The standard InChI is InChI=1S/C9H19NO2/c1-9(2)5-7(9)8(6-10)12-4-3-11/h7-8,11H,3-6,10H2,1-2H3. The molecule has 0 bridgehead atoms. The van der Waals surface area contributed by atoms with Gasteiger partial charge in [0.15, 0.2) is 0 Å². The van der Waals surface area contributed by atoms with Gasteiger partial charge in [0.2, 0.25) is 0 Å². The summed E-state index contributed by atoms with van der Waals surface area (Å²) in [6.45, 7) is 5.51. The van der Waals surface area contributed by atoms with E-state index in [1.807, 2.05) is 0 Å². The zero-order valence-corrected chi connectivity index (χ0v) is 7.92. The normalized spacial score (nSPS) is 28.5. The molecule has 0 radical (unpaired) electrons. The lowest BCUT2D eigenvalue weighted by molar-refractivity contribution is 0.0152. The molecular weight excluding hydrogens is 154 g/mol. The van der Waals surface area contributed by atoms with Crippen LogP contribution in [0.1, 0.15) is 20.3 Å². The molecule has 0 saturated heterocycles. The van der Waals surface area contributed by atoms with Crippen molar-refractivity contribution in [2.75, 3.05) is 19.8 Å². The molecule has 2 unspecified atom stereocenters. The Morgan fingerprint density at radius 1 is 1.67 bits per heavy atom. The third-order valence-corrected chi connectivity index (χ3v) is 2.69. The van der Waals surface area contributed by atoms with Crippen molar-refractivity contribution in [2.45, 2.75) is 26.4 Å². The summed E-state index contributed by atoms with van der Waals surface area (Å²) in [7, 11) is 0. The molecule has 1 saturated carbocycles. The van der Waals surface area contributed by atoms with Crippen LogP contribution in [0.2, 0.25) is 0 Å². The van der Waals surface area contributed by atoms with E-state index in [-0.39, 0.29) is 12.7 Å². The molecule has 0 aromatic carbocycles. The Hall–Kier alpha value is -0.120. The predicted molar refractivity (Wildman–Crippen MR) is 47.8 cm³/mol. The molecule has 12 heavy (non-hydrogen) atoms. The van der Waals surface area contributed by atoms with Crippen molar-refractivity contribution in [1.29, 1.82) is 0 Å². The molecule has 0 spiro atoms. The van der Waals surface area contributed by atoms with Gasteiger partial charge in [0.1, 0.15) is 0 Å². The molecule has 3 heteroatoms. The Bertz CT molecular complexity index is 147. The molecule has 0 aliphatic heterocycles. The first-order valence-electron chi connectivity index (χ1n) is 4.54. The van der Waals surface area contributed by atoms with Crippen LogP contribution < -0.4 is 5.73 Å². The van der Waals surface area contributed by atoms with Gasteiger partial charge in [-0.1, -0.05) is 13.8 Å². The van der Waals surface area contributed by atoms with Gasteiger partial charge < -0.3 is 15.6 Å². The number of rotatable bonds is 5. The van der Waals surface area contributed by atoms with Crippen LogP contribution in [0.4, 0.5) is 0 Å². The largest absolute Gasteiger partial charge is 0.394 e. The maximum absolute atomic E-state index is 8.58. The quantitative estimate of drug-likeness (QED) is 0.631. The minimum Gasteiger partial charge on any atom is -0.394 e. The summed E-state index contributed by atoms with van der Waals surface area (Å²) in [6.07, 6.45) is 1.34. The molecule has 1 fully saturated rings. The highest BCUT2D eigenvalue weighted by Crippen LogP contribution is 2.54. The van der Waals surface area contributed by atoms with E-state index in [9.17, 15) is 0 Å². The van der Waals surface area contributed by atoms with Crippen LogP contribution in [-0.2, 0) is 4.74 Å². The van der Waals surface area contributed by atoms with Crippen LogP contribution in [0.3, 0.4) is 0 Å². The minimum absolute atomic E-state index is 0.0870. The van der Waals surface area contributed by atoms with Crippen molar-refractivity contribution in [3.63, 3.8) is 0 Å². The van der Waals surface area contributed by atoms with E-state index in [0.29, 0.717) is 24.5 Å². The highest BCUT2D eigenvalue weighted by atomic mass is 16.5. The lowest BCUT2D eigenvalue weighted by Gasteiger charge is -2.16. The lowest BCUT2D eigenvalue weighted by Crippen LogP contribution is -2.28. The van der Waals surface area contributed by atoms with Crippen molar-refractivity contribution in [2.24, 2.45) is 17.1 Å². The maximum atomic E-state index is 8.58. The molecule has 0 aromatic rings. The van der Waals surface area contributed by atoms with E-state index in [1.54, 1.807) is 0 Å². The van der Waals surface area contributed by atoms with Crippen LogP contribution in [0.5, 0.6) is 0 Å². The van der Waals surface area contributed by atoms with Crippen molar-refractivity contribution in [3.05, 3.63) is 0 Å². The highest BCUT2D eigenvalue weighted by Gasteiger charge is 2.50. The van der Waals surface area contributed by atoms with Crippen molar-refractivity contribution in [3.8, 4) is 0 Å². The zero-order valence-electron chi connectivity index (χ0n) is 7.92. The lowest BCUT2D eigenvalue weighted by atomic mass is 10.1. The molecule has 3 N–H and O–H groups in total. The fourth-order valence-corrected chi connectivity index (χ4v) is 1.70. The summed E-state index contributed by atoms with van der Waals surface area (Å²) < 4.78 is 5.42. The summed E-state index contributed by atoms with van der Waals surface area (Å²) in [6, 6.07) is 0. The van der Waals surface area contributed by atoms with Gasteiger partial charge in [0.25, 0.3) is 0 Å². The summed E-state index contributed by atoms with van der Waals surface area (Å²) in [4.78, 5) is 0. The average molecular weight is 173 g/mol. The fraction of sp³-hybridized carbons (Fsp3) is 1.00. The number of hydrogen-bond acceptors (Lipinski definition) is 3. The van der Waals surface area contributed by atoms with Gasteiger partial charge in [0, 0.05) is 6.54 Å². The summed E-state index contributed by atoms with van der Waals surface area (Å²) in [5.41, 5.74) is 5.97. The van der Waals surface area contributed by atoms with E-state index in [2.05, 4.69) is 13.8 Å². The molecule has 0 heterocycles. The van der Waals surface area contributed by atoms with Gasteiger partial charge in [-0.25, -0.2) is 0 Å². The van der Waals surface area contributed by atoms with Gasteiger partial charge in [-0.3, -0.25) is 0 Å². The summed E-state index contributed by atoms with van der Waals surface area (Å²) >= 11 is 0. The Morgan fingerprint density at radius 2 is 2.25 bits per heavy atom. The molecule has 2 atom stereocenters. The zero-order chi connectivity index (χ0) is 9.19. The smallest absolute Gasteiger partial charge is 0.0731 e. The van der Waals surface area contributed by atoms with Gasteiger partial charge >= 0.3 is 0 Å². The Kier molecular flexibility index (Phi) is 3.09. The average Bonchev–Trinajstić information content (AvgIpc) is 2.62. The molecule has 3 nitrogen and oxygen atoms in total. The number of aliphatic hydroxyl groups excluding tert-OH is 1. The van der Waals surface area contributed by atoms with Crippen molar-refractivity contribution >= 4 is 0 Å². The summed E-state index contributed by atoms with van der Waals surface area (Å²) in [5.74, 6) is 0.592. The highest BCUT2D eigenvalue weighted by molar-refractivity contribution is 4.99. The van der Waals surface area contributed by atoms with Crippen LogP contribution in [0.15, 0.2) is 0 Å². The van der Waals surface area contributed by atoms with Crippen LogP contribution >= 0.6 is 0 Å². The number of hydrogen-bond donors (Lipinski definition) is 2. The molecule has 0 amide bonds. The van der Waals surface area contributed by atoms with E-state index in [0.717, 1.165) is 0 Å². The molecule has 1 aliphatic rings. The van der Waals surface area contributed by atoms with Crippen molar-refractivity contribution < 1.29 is 9.84 Å². The van der Waals surface area contributed by atoms with Crippen LogP contribution in [-0.4, -0.2) is 31.0 Å². The third kappa shape index (κ3) is 2.19.